The minimum atomic E-state index is -3.80. The number of rotatable bonds is 3. The molecule has 3 heterocycles. The van der Waals surface area contributed by atoms with Crippen molar-refractivity contribution in [1.29, 1.82) is 0 Å². The Balaban J connectivity index is 1.38. The monoisotopic (exact) mass is 484 g/mol. The van der Waals surface area contributed by atoms with E-state index in [9.17, 15) is 18.0 Å². The molecule has 1 fully saturated rings. The number of hydrogen-bond acceptors (Lipinski definition) is 7. The van der Waals surface area contributed by atoms with Gasteiger partial charge in [-0.15, -0.1) is 4.40 Å². The summed E-state index contributed by atoms with van der Waals surface area (Å²) in [7, 11) is -2.18. The zero-order valence-corrected chi connectivity index (χ0v) is 19.4. The summed E-state index contributed by atoms with van der Waals surface area (Å²) < 4.78 is 40.0. The van der Waals surface area contributed by atoms with Crippen LogP contribution in [0.2, 0.25) is 0 Å². The lowest BCUT2D eigenvalue weighted by atomic mass is 10.1. The molecule has 178 valence electrons. The van der Waals surface area contributed by atoms with Gasteiger partial charge in [0.15, 0.2) is 11.9 Å². The lowest BCUT2D eigenvalue weighted by Crippen LogP contribution is -2.55. The molecule has 3 aliphatic rings. The lowest BCUT2D eigenvalue weighted by molar-refractivity contribution is -0.142. The normalized spacial score (nSPS) is 20.6. The SMILES string of the molecule is CN(CC(=O)N1CC(C(=O)N2CCOCC2)Oc2ccccc21)C1=NS(=O)(=O)c2ccccc21. The molecule has 11 heteroatoms. The number of morpholine rings is 1. The van der Waals surface area contributed by atoms with Crippen LogP contribution in [-0.2, 0) is 24.3 Å². The van der Waals surface area contributed by atoms with Crippen molar-refractivity contribution in [3.63, 3.8) is 0 Å². The topological polar surface area (TPSA) is 109 Å². The first-order valence-electron chi connectivity index (χ1n) is 10.9. The van der Waals surface area contributed by atoms with Crippen molar-refractivity contribution in [1.82, 2.24) is 9.80 Å². The van der Waals surface area contributed by atoms with Gasteiger partial charge in [-0.3, -0.25) is 9.59 Å². The first kappa shape index (κ1) is 22.4. The highest BCUT2D eigenvalue weighted by molar-refractivity contribution is 7.90. The molecule has 0 aliphatic carbocycles. The maximum absolute atomic E-state index is 13.4. The van der Waals surface area contributed by atoms with Gasteiger partial charge in [-0.25, -0.2) is 0 Å². The number of nitrogens with zero attached hydrogens (tertiary/aromatic N) is 4. The van der Waals surface area contributed by atoms with Crippen LogP contribution >= 0.6 is 0 Å². The number of amidine groups is 1. The molecule has 0 aromatic heterocycles. The van der Waals surface area contributed by atoms with Gasteiger partial charge >= 0.3 is 0 Å². The van der Waals surface area contributed by atoms with Crippen LogP contribution < -0.4 is 9.64 Å². The highest BCUT2D eigenvalue weighted by Gasteiger charge is 2.37. The molecule has 0 bridgehead atoms. The largest absolute Gasteiger partial charge is 0.476 e. The molecule has 0 radical (unpaired) electrons. The van der Waals surface area contributed by atoms with Crippen molar-refractivity contribution in [3.8, 4) is 5.75 Å². The molecular formula is C23H24N4O6S. The lowest BCUT2D eigenvalue weighted by Gasteiger charge is -2.37. The Bertz CT molecular complexity index is 1270. The number of ether oxygens (including phenoxy) is 2. The Morgan fingerprint density at radius 1 is 1.09 bits per heavy atom. The first-order valence-corrected chi connectivity index (χ1v) is 12.4. The molecule has 3 aliphatic heterocycles. The molecule has 5 rings (SSSR count). The van der Waals surface area contributed by atoms with Gasteiger partial charge in [0.2, 0.25) is 5.91 Å². The van der Waals surface area contributed by atoms with Crippen molar-refractivity contribution in [2.24, 2.45) is 4.40 Å². The van der Waals surface area contributed by atoms with Gasteiger partial charge in [-0.05, 0) is 24.3 Å². The van der Waals surface area contributed by atoms with Crippen LogP contribution in [0.5, 0.6) is 5.75 Å². The number of likely N-dealkylation sites (N-methyl/N-ethyl adjacent to an activating group) is 1. The molecule has 1 unspecified atom stereocenters. The minimum absolute atomic E-state index is 0.0568. The molecular weight excluding hydrogens is 460 g/mol. The molecule has 0 saturated carbocycles. The number of anilines is 1. The number of fused-ring (bicyclic) bond motifs is 2. The standard InChI is InChI=1S/C23H24N4O6S/c1-25(22-16-6-2-5-9-20(16)34(30,31)24-22)15-21(28)27-14-19(23(29)26-10-12-32-13-11-26)33-18-8-4-3-7-17(18)27/h2-9,19H,10-15H2,1H3. The smallest absolute Gasteiger partial charge is 0.285 e. The van der Waals surface area contributed by atoms with Gasteiger partial charge in [-0.2, -0.15) is 8.42 Å². The predicted molar refractivity (Wildman–Crippen MR) is 123 cm³/mol. The third-order valence-corrected chi connectivity index (χ3v) is 7.34. The number of amides is 2. The number of carbonyl (C=O) groups is 2. The zero-order chi connectivity index (χ0) is 23.9. The number of sulfonamides is 1. The molecule has 1 atom stereocenters. The third-order valence-electron chi connectivity index (χ3n) is 6.02. The summed E-state index contributed by atoms with van der Waals surface area (Å²) in [6, 6.07) is 13.6. The molecule has 2 aromatic carbocycles. The van der Waals surface area contributed by atoms with E-state index in [1.165, 1.54) is 15.9 Å². The summed E-state index contributed by atoms with van der Waals surface area (Å²) in [6.45, 7) is 1.82. The quantitative estimate of drug-likeness (QED) is 0.632. The summed E-state index contributed by atoms with van der Waals surface area (Å²) in [6.07, 6.45) is -0.841. The molecule has 10 nitrogen and oxygen atoms in total. The molecule has 0 spiro atoms. The van der Waals surface area contributed by atoms with E-state index in [1.807, 2.05) is 0 Å². The minimum Gasteiger partial charge on any atom is -0.476 e. The predicted octanol–water partition coefficient (Wildman–Crippen LogP) is 0.720. The van der Waals surface area contributed by atoms with Crippen molar-refractivity contribution in [2.75, 3.05) is 51.3 Å². The number of hydrogen-bond donors (Lipinski definition) is 0. The second-order valence-electron chi connectivity index (χ2n) is 8.26. The fraction of sp³-hybridized carbons (Fsp3) is 0.348. The van der Waals surface area contributed by atoms with E-state index in [0.29, 0.717) is 43.3 Å². The molecule has 2 amide bonds. The average molecular weight is 485 g/mol. The number of benzene rings is 2. The van der Waals surface area contributed by atoms with Crippen LogP contribution in [-0.4, -0.2) is 88.4 Å². The summed E-state index contributed by atoms with van der Waals surface area (Å²) in [5.41, 5.74) is 1.02. The fourth-order valence-electron chi connectivity index (χ4n) is 4.31. The van der Waals surface area contributed by atoms with E-state index < -0.39 is 16.1 Å². The van der Waals surface area contributed by atoms with Gasteiger partial charge in [0.05, 0.1) is 32.0 Å². The van der Waals surface area contributed by atoms with E-state index >= 15 is 0 Å². The van der Waals surface area contributed by atoms with E-state index in [1.54, 1.807) is 54.4 Å². The van der Waals surface area contributed by atoms with E-state index in [2.05, 4.69) is 4.40 Å². The molecule has 2 aromatic rings. The van der Waals surface area contributed by atoms with Crippen LogP contribution in [0.15, 0.2) is 57.8 Å². The molecule has 0 N–H and O–H groups in total. The Morgan fingerprint density at radius 2 is 1.79 bits per heavy atom. The van der Waals surface area contributed by atoms with Crippen molar-refractivity contribution >= 4 is 33.4 Å². The van der Waals surface area contributed by atoms with E-state index in [-0.39, 0.29) is 35.6 Å². The summed E-state index contributed by atoms with van der Waals surface area (Å²) >= 11 is 0. The van der Waals surface area contributed by atoms with Gasteiger partial charge in [0.25, 0.3) is 15.9 Å². The maximum atomic E-state index is 13.4. The van der Waals surface area contributed by atoms with Crippen LogP contribution in [0, 0.1) is 0 Å². The van der Waals surface area contributed by atoms with E-state index in [0.717, 1.165) is 0 Å². The maximum Gasteiger partial charge on any atom is 0.285 e. The highest BCUT2D eigenvalue weighted by atomic mass is 32.2. The summed E-state index contributed by atoms with van der Waals surface area (Å²) in [4.78, 5) is 31.4. The Labute approximate surface area is 197 Å². The van der Waals surface area contributed by atoms with Gasteiger partial charge in [0.1, 0.15) is 10.6 Å². The van der Waals surface area contributed by atoms with Gasteiger partial charge in [0, 0.05) is 25.7 Å². The fourth-order valence-corrected chi connectivity index (χ4v) is 5.57. The number of carbonyl (C=O) groups excluding carboxylic acids is 2. The van der Waals surface area contributed by atoms with Gasteiger partial charge in [-0.1, -0.05) is 24.3 Å². The van der Waals surface area contributed by atoms with Crippen LogP contribution in [0.4, 0.5) is 5.69 Å². The van der Waals surface area contributed by atoms with Crippen LogP contribution in [0.1, 0.15) is 5.56 Å². The number of para-hydroxylation sites is 2. The van der Waals surface area contributed by atoms with E-state index in [4.69, 9.17) is 9.47 Å². The Morgan fingerprint density at radius 3 is 2.59 bits per heavy atom. The second-order valence-corrected chi connectivity index (χ2v) is 9.83. The summed E-state index contributed by atoms with van der Waals surface area (Å²) in [5, 5.41) is 0. The molecule has 34 heavy (non-hydrogen) atoms. The Hall–Kier alpha value is -3.44. The third kappa shape index (κ3) is 4.01. The Kier molecular flexibility index (Phi) is 5.74. The van der Waals surface area contributed by atoms with Crippen molar-refractivity contribution in [3.05, 3.63) is 54.1 Å². The van der Waals surface area contributed by atoms with Crippen LogP contribution in [0.3, 0.4) is 0 Å². The van der Waals surface area contributed by atoms with Gasteiger partial charge < -0.3 is 24.2 Å². The average Bonchev–Trinajstić information content (AvgIpc) is 3.14. The summed E-state index contributed by atoms with van der Waals surface area (Å²) in [5.74, 6) is 0.167. The van der Waals surface area contributed by atoms with Crippen molar-refractivity contribution in [2.45, 2.75) is 11.0 Å². The second kappa shape index (κ2) is 8.73. The first-order chi connectivity index (χ1) is 16.3. The van der Waals surface area contributed by atoms with Crippen molar-refractivity contribution < 1.29 is 27.5 Å². The highest BCUT2D eigenvalue weighted by Crippen LogP contribution is 2.34. The van der Waals surface area contributed by atoms with Crippen LogP contribution in [0.25, 0.3) is 0 Å². The zero-order valence-electron chi connectivity index (χ0n) is 18.6. The molecule has 1 saturated heterocycles.